The molecule has 0 aliphatic rings. The Hall–Kier alpha value is -1.81. The molecule has 20 heavy (non-hydrogen) atoms. The van der Waals surface area contributed by atoms with Crippen LogP contribution in [0.15, 0.2) is 30.5 Å². The van der Waals surface area contributed by atoms with Crippen LogP contribution in [0.3, 0.4) is 0 Å². The normalized spacial score (nSPS) is 12.8. The highest BCUT2D eigenvalue weighted by Crippen LogP contribution is 2.18. The summed E-state index contributed by atoms with van der Waals surface area (Å²) in [5.41, 5.74) is 2.25. The SMILES string of the molecule is CC(C)C(O)CNC(=O)CCc1c[nH]c2ccccc12. The average molecular weight is 274 g/mol. The molecule has 0 saturated carbocycles. The summed E-state index contributed by atoms with van der Waals surface area (Å²) in [4.78, 5) is 15.0. The molecule has 0 aliphatic heterocycles. The van der Waals surface area contributed by atoms with Gasteiger partial charge >= 0.3 is 0 Å². The van der Waals surface area contributed by atoms with Gasteiger partial charge in [0.05, 0.1) is 6.10 Å². The van der Waals surface area contributed by atoms with Crippen molar-refractivity contribution in [1.82, 2.24) is 10.3 Å². The molecule has 4 heteroatoms. The molecule has 1 atom stereocenters. The third kappa shape index (κ3) is 3.61. The third-order valence-corrected chi connectivity index (χ3v) is 3.57. The van der Waals surface area contributed by atoms with Crippen molar-refractivity contribution in [3.05, 3.63) is 36.0 Å². The van der Waals surface area contributed by atoms with E-state index in [1.165, 1.54) is 5.39 Å². The number of nitrogens with one attached hydrogen (secondary N) is 2. The number of H-pyrrole nitrogens is 1. The summed E-state index contributed by atoms with van der Waals surface area (Å²) in [5, 5.41) is 13.6. The number of aliphatic hydroxyl groups is 1. The van der Waals surface area contributed by atoms with Crippen LogP contribution in [0.5, 0.6) is 0 Å². The van der Waals surface area contributed by atoms with Gasteiger partial charge in [-0.15, -0.1) is 0 Å². The van der Waals surface area contributed by atoms with Crippen molar-refractivity contribution in [2.75, 3.05) is 6.54 Å². The fourth-order valence-electron chi connectivity index (χ4n) is 2.13. The lowest BCUT2D eigenvalue weighted by Crippen LogP contribution is -2.34. The largest absolute Gasteiger partial charge is 0.391 e. The van der Waals surface area contributed by atoms with E-state index in [1.54, 1.807) is 0 Å². The van der Waals surface area contributed by atoms with Gasteiger partial charge in [-0.2, -0.15) is 0 Å². The van der Waals surface area contributed by atoms with Gasteiger partial charge in [0, 0.05) is 30.1 Å². The Bertz CT molecular complexity index is 575. The number of aryl methyl sites for hydroxylation is 1. The first kappa shape index (κ1) is 14.6. The molecule has 1 aromatic carbocycles. The number of hydrogen-bond acceptors (Lipinski definition) is 2. The zero-order chi connectivity index (χ0) is 14.5. The molecule has 4 nitrogen and oxygen atoms in total. The van der Waals surface area contributed by atoms with Gasteiger partial charge in [0.15, 0.2) is 0 Å². The Labute approximate surface area is 119 Å². The molecule has 0 radical (unpaired) electrons. The molecule has 0 fully saturated rings. The van der Waals surface area contributed by atoms with E-state index in [1.807, 2.05) is 38.2 Å². The number of aromatic nitrogens is 1. The van der Waals surface area contributed by atoms with Gasteiger partial charge in [0.1, 0.15) is 0 Å². The monoisotopic (exact) mass is 274 g/mol. The van der Waals surface area contributed by atoms with Crippen molar-refractivity contribution in [2.24, 2.45) is 5.92 Å². The van der Waals surface area contributed by atoms with E-state index in [0.29, 0.717) is 19.4 Å². The zero-order valence-corrected chi connectivity index (χ0v) is 12.0. The Morgan fingerprint density at radius 1 is 1.35 bits per heavy atom. The standard InChI is InChI=1S/C16H22N2O2/c1-11(2)15(19)10-18-16(20)8-7-12-9-17-14-6-4-3-5-13(12)14/h3-6,9,11,15,17,19H,7-8,10H2,1-2H3,(H,18,20). The highest BCUT2D eigenvalue weighted by Gasteiger charge is 2.11. The molecule has 108 valence electrons. The summed E-state index contributed by atoms with van der Waals surface area (Å²) in [6.07, 6.45) is 2.62. The van der Waals surface area contributed by atoms with Gasteiger partial charge in [0.25, 0.3) is 0 Å². The third-order valence-electron chi connectivity index (χ3n) is 3.57. The van der Waals surface area contributed by atoms with Gasteiger partial charge in [-0.3, -0.25) is 4.79 Å². The maximum Gasteiger partial charge on any atom is 0.220 e. The molecule has 0 spiro atoms. The van der Waals surface area contributed by atoms with Crippen molar-refractivity contribution in [2.45, 2.75) is 32.8 Å². The highest BCUT2D eigenvalue weighted by molar-refractivity contribution is 5.84. The first-order valence-electron chi connectivity index (χ1n) is 7.07. The van der Waals surface area contributed by atoms with Crippen LogP contribution in [0.25, 0.3) is 10.9 Å². The molecular formula is C16H22N2O2. The minimum atomic E-state index is -0.480. The molecule has 2 rings (SSSR count). The van der Waals surface area contributed by atoms with E-state index in [9.17, 15) is 9.90 Å². The summed E-state index contributed by atoms with van der Waals surface area (Å²) < 4.78 is 0. The number of benzene rings is 1. The van der Waals surface area contributed by atoms with Crippen molar-refractivity contribution in [3.63, 3.8) is 0 Å². The van der Waals surface area contributed by atoms with Crippen LogP contribution in [0.2, 0.25) is 0 Å². The predicted molar refractivity (Wildman–Crippen MR) is 80.5 cm³/mol. The first-order valence-corrected chi connectivity index (χ1v) is 7.07. The lowest BCUT2D eigenvalue weighted by atomic mass is 10.1. The second-order valence-corrected chi connectivity index (χ2v) is 5.47. The number of rotatable bonds is 6. The Morgan fingerprint density at radius 2 is 2.10 bits per heavy atom. The summed E-state index contributed by atoms with van der Waals surface area (Å²) in [5.74, 6) is 0.138. The van der Waals surface area contributed by atoms with Crippen LogP contribution in [-0.2, 0) is 11.2 Å². The second kappa shape index (κ2) is 6.57. The Balaban J connectivity index is 1.84. The van der Waals surface area contributed by atoms with Crippen LogP contribution < -0.4 is 5.32 Å². The molecule has 3 N–H and O–H groups in total. The van der Waals surface area contributed by atoms with Crippen molar-refractivity contribution in [1.29, 1.82) is 0 Å². The molecule has 1 unspecified atom stereocenters. The fourth-order valence-corrected chi connectivity index (χ4v) is 2.13. The molecule has 1 heterocycles. The number of hydrogen-bond donors (Lipinski definition) is 3. The summed E-state index contributed by atoms with van der Waals surface area (Å²) in [6, 6.07) is 8.07. The number of amides is 1. The van der Waals surface area contributed by atoms with Gasteiger partial charge < -0.3 is 15.4 Å². The number of carbonyl (C=O) groups is 1. The summed E-state index contributed by atoms with van der Waals surface area (Å²) in [6.45, 7) is 4.19. The molecule has 2 aromatic rings. The van der Waals surface area contributed by atoms with Crippen molar-refractivity contribution in [3.8, 4) is 0 Å². The smallest absolute Gasteiger partial charge is 0.220 e. The molecule has 0 aliphatic carbocycles. The van der Waals surface area contributed by atoms with E-state index in [2.05, 4.69) is 16.4 Å². The van der Waals surface area contributed by atoms with E-state index < -0.39 is 6.10 Å². The van der Waals surface area contributed by atoms with Crippen LogP contribution in [-0.4, -0.2) is 28.6 Å². The number of carbonyl (C=O) groups excluding carboxylic acids is 1. The van der Waals surface area contributed by atoms with Gasteiger partial charge in [-0.1, -0.05) is 32.0 Å². The molecule has 1 aromatic heterocycles. The quantitative estimate of drug-likeness (QED) is 0.756. The van der Waals surface area contributed by atoms with E-state index in [-0.39, 0.29) is 11.8 Å². The molecule has 0 bridgehead atoms. The number of fused-ring (bicyclic) bond motifs is 1. The molecular weight excluding hydrogens is 252 g/mol. The van der Waals surface area contributed by atoms with Crippen LogP contribution in [0, 0.1) is 5.92 Å². The van der Waals surface area contributed by atoms with Crippen LogP contribution >= 0.6 is 0 Å². The lowest BCUT2D eigenvalue weighted by molar-refractivity contribution is -0.121. The number of aromatic amines is 1. The lowest BCUT2D eigenvalue weighted by Gasteiger charge is -2.14. The number of aliphatic hydroxyl groups excluding tert-OH is 1. The molecule has 1 amide bonds. The predicted octanol–water partition coefficient (Wildman–Crippen LogP) is 2.23. The maximum absolute atomic E-state index is 11.8. The van der Waals surface area contributed by atoms with E-state index in [0.717, 1.165) is 11.1 Å². The highest BCUT2D eigenvalue weighted by atomic mass is 16.3. The minimum absolute atomic E-state index is 0.0185. The van der Waals surface area contributed by atoms with Gasteiger partial charge in [-0.05, 0) is 24.0 Å². The van der Waals surface area contributed by atoms with Gasteiger partial charge in [-0.25, -0.2) is 0 Å². The fraction of sp³-hybridized carbons (Fsp3) is 0.438. The van der Waals surface area contributed by atoms with E-state index >= 15 is 0 Å². The molecule has 0 saturated heterocycles. The maximum atomic E-state index is 11.8. The van der Waals surface area contributed by atoms with Crippen LogP contribution in [0.4, 0.5) is 0 Å². The zero-order valence-electron chi connectivity index (χ0n) is 12.0. The first-order chi connectivity index (χ1) is 9.58. The average Bonchev–Trinajstić information content (AvgIpc) is 2.85. The van der Waals surface area contributed by atoms with Crippen LogP contribution in [0.1, 0.15) is 25.8 Å². The minimum Gasteiger partial charge on any atom is -0.391 e. The Kier molecular flexibility index (Phi) is 4.79. The summed E-state index contributed by atoms with van der Waals surface area (Å²) >= 11 is 0. The van der Waals surface area contributed by atoms with Gasteiger partial charge in [0.2, 0.25) is 5.91 Å². The number of para-hydroxylation sites is 1. The van der Waals surface area contributed by atoms with Crippen molar-refractivity contribution < 1.29 is 9.90 Å². The topological polar surface area (TPSA) is 65.1 Å². The van der Waals surface area contributed by atoms with Crippen molar-refractivity contribution >= 4 is 16.8 Å². The Morgan fingerprint density at radius 3 is 2.85 bits per heavy atom. The summed E-state index contributed by atoms with van der Waals surface area (Å²) in [7, 11) is 0. The second-order valence-electron chi connectivity index (χ2n) is 5.47. The van der Waals surface area contributed by atoms with E-state index in [4.69, 9.17) is 0 Å².